The third kappa shape index (κ3) is 5.31. The van der Waals surface area contributed by atoms with Crippen LogP contribution in [0.5, 0.6) is 0 Å². The summed E-state index contributed by atoms with van der Waals surface area (Å²) >= 11 is 0. The summed E-state index contributed by atoms with van der Waals surface area (Å²) in [5, 5.41) is 3.29. The number of hydrogen-bond donors (Lipinski definition) is 1. The summed E-state index contributed by atoms with van der Waals surface area (Å²) in [4.78, 5) is 13.2. The zero-order chi connectivity index (χ0) is 13.2. The number of nitrogens with zero attached hydrogens (tertiary/aromatic N) is 1. The first-order valence-electron chi connectivity index (χ1n) is 6.41. The van der Waals surface area contributed by atoms with Crippen molar-refractivity contribution in [2.45, 2.75) is 31.2 Å². The van der Waals surface area contributed by atoms with E-state index in [1.165, 1.54) is 7.11 Å². The molecule has 2 atom stereocenters. The van der Waals surface area contributed by atoms with Gasteiger partial charge in [-0.25, -0.2) is 8.78 Å². The predicted octanol–water partition coefficient (Wildman–Crippen LogP) is 1.71. The fourth-order valence-electron chi connectivity index (χ4n) is 2.80. The summed E-state index contributed by atoms with van der Waals surface area (Å²) < 4.78 is 30.9. The molecule has 4 nitrogen and oxygen atoms in total. The van der Waals surface area contributed by atoms with Gasteiger partial charge in [-0.15, -0.1) is 24.8 Å². The molecule has 2 heterocycles. The number of likely N-dealkylation sites (tertiary alicyclic amines) is 1. The number of carbonyl (C=O) groups excluding carboxylic acids is 1. The Kier molecular flexibility index (Phi) is 8.25. The Bertz CT molecular complexity index is 322. The molecule has 8 heteroatoms. The number of hydrogen-bond acceptors (Lipinski definition) is 4. The van der Waals surface area contributed by atoms with E-state index in [-0.39, 0.29) is 55.7 Å². The lowest BCUT2D eigenvalue weighted by molar-refractivity contribution is -0.146. The lowest BCUT2D eigenvalue weighted by Gasteiger charge is -2.31. The number of alkyl halides is 2. The summed E-state index contributed by atoms with van der Waals surface area (Å²) in [6.45, 7) is 1.61. The zero-order valence-corrected chi connectivity index (χ0v) is 13.1. The van der Waals surface area contributed by atoms with E-state index in [1.54, 1.807) is 4.90 Å². The number of halogens is 4. The van der Waals surface area contributed by atoms with Crippen molar-refractivity contribution in [3.63, 3.8) is 0 Å². The minimum Gasteiger partial charge on any atom is -0.469 e. The van der Waals surface area contributed by atoms with Crippen molar-refractivity contribution in [1.29, 1.82) is 0 Å². The summed E-state index contributed by atoms with van der Waals surface area (Å²) in [6, 6.07) is 0.108. The van der Waals surface area contributed by atoms with Crippen LogP contribution in [0.15, 0.2) is 0 Å². The smallest absolute Gasteiger partial charge is 0.308 e. The summed E-state index contributed by atoms with van der Waals surface area (Å²) in [7, 11) is 1.39. The first-order chi connectivity index (χ1) is 8.50. The van der Waals surface area contributed by atoms with Crippen LogP contribution in [0.4, 0.5) is 8.78 Å². The maximum Gasteiger partial charge on any atom is 0.308 e. The van der Waals surface area contributed by atoms with Gasteiger partial charge in [0.05, 0.1) is 19.6 Å². The van der Waals surface area contributed by atoms with E-state index in [2.05, 4.69) is 5.32 Å². The van der Waals surface area contributed by atoms with Crippen LogP contribution in [-0.2, 0) is 9.53 Å². The normalized spacial score (nSPS) is 29.1. The highest BCUT2D eigenvalue weighted by atomic mass is 35.5. The van der Waals surface area contributed by atoms with Gasteiger partial charge in [0.15, 0.2) is 0 Å². The molecule has 0 radical (unpaired) electrons. The fraction of sp³-hybridized carbons (Fsp3) is 0.917. The van der Waals surface area contributed by atoms with E-state index < -0.39 is 5.92 Å². The van der Waals surface area contributed by atoms with Crippen molar-refractivity contribution in [1.82, 2.24) is 10.2 Å². The van der Waals surface area contributed by atoms with Gasteiger partial charge in [-0.3, -0.25) is 9.69 Å². The lowest BCUT2D eigenvalue weighted by atomic mass is 9.92. The number of piperidine rings is 1. The highest BCUT2D eigenvalue weighted by molar-refractivity contribution is 5.85. The van der Waals surface area contributed by atoms with E-state index in [9.17, 15) is 13.6 Å². The van der Waals surface area contributed by atoms with Crippen molar-refractivity contribution in [2.75, 3.05) is 33.3 Å². The number of methoxy groups -OCH3 is 1. The number of nitrogens with one attached hydrogen (secondary N) is 1. The molecule has 0 aliphatic carbocycles. The molecule has 2 unspecified atom stereocenters. The van der Waals surface area contributed by atoms with Gasteiger partial charge >= 0.3 is 5.97 Å². The van der Waals surface area contributed by atoms with E-state index in [0.29, 0.717) is 19.5 Å². The molecule has 0 aromatic heterocycles. The van der Waals surface area contributed by atoms with Gasteiger partial charge in [-0.05, 0) is 19.4 Å². The molecule has 1 N–H and O–H groups in total. The first-order valence-corrected chi connectivity index (χ1v) is 6.41. The Labute approximate surface area is 130 Å². The number of ether oxygens (including phenoxy) is 1. The Morgan fingerprint density at radius 2 is 2.15 bits per heavy atom. The minimum absolute atomic E-state index is 0. The van der Waals surface area contributed by atoms with Crippen LogP contribution in [0, 0.1) is 5.92 Å². The molecule has 0 aromatic rings. The SMILES string of the molecule is COC(=O)C1CCNC(CN2CCC(F)(F)C2)C1.Cl.Cl. The van der Waals surface area contributed by atoms with E-state index >= 15 is 0 Å². The molecule has 2 fully saturated rings. The Morgan fingerprint density at radius 1 is 1.45 bits per heavy atom. The summed E-state index contributed by atoms with van der Waals surface area (Å²) in [6.07, 6.45) is 1.38. The highest BCUT2D eigenvalue weighted by Gasteiger charge is 2.39. The molecular formula is C12H22Cl2F2N2O2. The molecule has 0 amide bonds. The maximum absolute atomic E-state index is 13.1. The minimum atomic E-state index is -2.55. The Morgan fingerprint density at radius 3 is 2.70 bits per heavy atom. The van der Waals surface area contributed by atoms with Crippen molar-refractivity contribution < 1.29 is 18.3 Å². The number of rotatable bonds is 3. The molecule has 0 spiro atoms. The average Bonchev–Trinajstić information content (AvgIpc) is 2.68. The molecule has 0 bridgehead atoms. The van der Waals surface area contributed by atoms with Crippen molar-refractivity contribution in [2.24, 2.45) is 5.92 Å². The fourth-order valence-corrected chi connectivity index (χ4v) is 2.80. The third-order valence-electron chi connectivity index (χ3n) is 3.76. The molecule has 2 aliphatic heterocycles. The summed E-state index contributed by atoms with van der Waals surface area (Å²) in [5.41, 5.74) is 0. The second kappa shape index (κ2) is 8.32. The van der Waals surface area contributed by atoms with Crippen LogP contribution in [0.3, 0.4) is 0 Å². The molecule has 0 aromatic carbocycles. The van der Waals surface area contributed by atoms with E-state index in [4.69, 9.17) is 4.74 Å². The van der Waals surface area contributed by atoms with Crippen LogP contribution in [0.25, 0.3) is 0 Å². The third-order valence-corrected chi connectivity index (χ3v) is 3.76. The molecule has 0 saturated carbocycles. The standard InChI is InChI=1S/C12H20F2N2O2.2ClH/c1-18-11(17)9-2-4-15-10(6-9)7-16-5-3-12(13,14)8-16;;/h9-10,15H,2-8H2,1H3;2*1H. The first kappa shape index (κ1) is 19.8. The maximum atomic E-state index is 13.1. The topological polar surface area (TPSA) is 41.6 Å². The molecule has 2 aliphatic rings. The Balaban J connectivity index is 0.00000180. The van der Waals surface area contributed by atoms with Crippen LogP contribution < -0.4 is 5.32 Å². The number of carbonyl (C=O) groups is 1. The second-order valence-electron chi connectivity index (χ2n) is 5.24. The molecule has 120 valence electrons. The van der Waals surface area contributed by atoms with Gasteiger partial charge in [0.1, 0.15) is 0 Å². The second-order valence-corrected chi connectivity index (χ2v) is 5.24. The van der Waals surface area contributed by atoms with Gasteiger partial charge in [0, 0.05) is 25.6 Å². The summed E-state index contributed by atoms with van der Waals surface area (Å²) in [5.74, 6) is -2.83. The van der Waals surface area contributed by atoms with Crippen LogP contribution in [0.1, 0.15) is 19.3 Å². The van der Waals surface area contributed by atoms with Crippen molar-refractivity contribution in [3.05, 3.63) is 0 Å². The Hall–Kier alpha value is -0.170. The van der Waals surface area contributed by atoms with E-state index in [0.717, 1.165) is 13.0 Å². The molecular weight excluding hydrogens is 313 g/mol. The number of esters is 1. The van der Waals surface area contributed by atoms with Gasteiger partial charge < -0.3 is 10.1 Å². The van der Waals surface area contributed by atoms with Crippen LogP contribution in [0.2, 0.25) is 0 Å². The monoisotopic (exact) mass is 334 g/mol. The van der Waals surface area contributed by atoms with Crippen molar-refractivity contribution >= 4 is 30.8 Å². The van der Waals surface area contributed by atoms with Gasteiger partial charge in [-0.2, -0.15) is 0 Å². The van der Waals surface area contributed by atoms with Crippen LogP contribution >= 0.6 is 24.8 Å². The van der Waals surface area contributed by atoms with E-state index in [1.807, 2.05) is 0 Å². The largest absolute Gasteiger partial charge is 0.469 e. The average molecular weight is 335 g/mol. The predicted molar refractivity (Wildman–Crippen MR) is 77.0 cm³/mol. The lowest BCUT2D eigenvalue weighted by Crippen LogP contribution is -2.47. The van der Waals surface area contributed by atoms with Crippen molar-refractivity contribution in [3.8, 4) is 0 Å². The zero-order valence-electron chi connectivity index (χ0n) is 11.4. The molecule has 2 saturated heterocycles. The highest BCUT2D eigenvalue weighted by Crippen LogP contribution is 2.27. The molecule has 20 heavy (non-hydrogen) atoms. The van der Waals surface area contributed by atoms with Crippen LogP contribution in [-0.4, -0.2) is 56.1 Å². The van der Waals surface area contributed by atoms with Gasteiger partial charge in [0.25, 0.3) is 5.92 Å². The quantitative estimate of drug-likeness (QED) is 0.798. The molecule has 2 rings (SSSR count). The van der Waals surface area contributed by atoms with Gasteiger partial charge in [-0.1, -0.05) is 0 Å². The van der Waals surface area contributed by atoms with Gasteiger partial charge in [0.2, 0.25) is 0 Å².